The van der Waals surface area contributed by atoms with Gasteiger partial charge in [0.2, 0.25) is 0 Å². The number of halogens is 2. The van der Waals surface area contributed by atoms with Crippen molar-refractivity contribution in [2.75, 3.05) is 26.8 Å². The van der Waals surface area contributed by atoms with Crippen LogP contribution in [0, 0.1) is 23.7 Å². The van der Waals surface area contributed by atoms with E-state index in [9.17, 15) is 4.79 Å². The zero-order valence-corrected chi connectivity index (χ0v) is 17.4. The number of carbonyl (C=O) groups excluding carboxylic acids is 1. The Kier molecular flexibility index (Phi) is 6.93. The van der Waals surface area contributed by atoms with Crippen molar-refractivity contribution in [1.82, 2.24) is 4.90 Å². The second-order valence-corrected chi connectivity index (χ2v) is 8.80. The smallest absolute Gasteiger partial charge is 0.344 e. The van der Waals surface area contributed by atoms with Gasteiger partial charge >= 0.3 is 5.97 Å². The van der Waals surface area contributed by atoms with Crippen molar-refractivity contribution in [3.63, 3.8) is 0 Å². The lowest BCUT2D eigenvalue weighted by Gasteiger charge is -2.56. The first-order valence-corrected chi connectivity index (χ1v) is 10.2. The average Bonchev–Trinajstić information content (AvgIpc) is 2.60. The summed E-state index contributed by atoms with van der Waals surface area (Å²) >= 11 is 5.83. The number of likely N-dealkylation sites (N-methyl/N-ethyl adjacent to an activating group) is 1. The number of hydrogen-bond donors (Lipinski definition) is 0. The van der Waals surface area contributed by atoms with Crippen LogP contribution in [0.5, 0.6) is 5.75 Å². The Labute approximate surface area is 172 Å². The lowest BCUT2D eigenvalue weighted by molar-refractivity contribution is -0.147. The molecule has 4 aliphatic carbocycles. The summed E-state index contributed by atoms with van der Waals surface area (Å²) in [6.45, 7) is 1.17. The molecule has 0 radical (unpaired) electrons. The van der Waals surface area contributed by atoms with E-state index in [0.29, 0.717) is 23.4 Å². The molecule has 5 rings (SSSR count). The van der Waals surface area contributed by atoms with Crippen molar-refractivity contribution in [2.24, 2.45) is 23.7 Å². The molecule has 0 aromatic heterocycles. The molecule has 4 nitrogen and oxygen atoms in total. The number of ether oxygens (including phenoxy) is 2. The van der Waals surface area contributed by atoms with Gasteiger partial charge in [0.15, 0.2) is 6.61 Å². The van der Waals surface area contributed by atoms with Crippen LogP contribution in [0.3, 0.4) is 0 Å². The van der Waals surface area contributed by atoms with Crippen LogP contribution in [0.25, 0.3) is 0 Å². The molecule has 4 bridgehead atoms. The predicted molar refractivity (Wildman–Crippen MR) is 109 cm³/mol. The summed E-state index contributed by atoms with van der Waals surface area (Å²) in [4.78, 5) is 14.3. The third kappa shape index (κ3) is 4.90. The van der Waals surface area contributed by atoms with E-state index in [1.165, 1.54) is 32.1 Å². The summed E-state index contributed by atoms with van der Waals surface area (Å²) in [6, 6.07) is 7.66. The van der Waals surface area contributed by atoms with Gasteiger partial charge in [-0.25, -0.2) is 4.79 Å². The third-order valence-electron chi connectivity index (χ3n) is 6.56. The average molecular weight is 414 g/mol. The first-order chi connectivity index (χ1) is 12.6. The normalized spacial score (nSPS) is 30.9. The quantitative estimate of drug-likeness (QED) is 0.619. The molecule has 4 fully saturated rings. The van der Waals surface area contributed by atoms with Gasteiger partial charge in [0.25, 0.3) is 0 Å². The fraction of sp³-hybridized carbons (Fsp3) is 0.667. The van der Waals surface area contributed by atoms with E-state index in [-0.39, 0.29) is 25.0 Å². The van der Waals surface area contributed by atoms with Gasteiger partial charge in [0, 0.05) is 17.6 Å². The minimum Gasteiger partial charge on any atom is -0.482 e. The van der Waals surface area contributed by atoms with Crippen LogP contribution < -0.4 is 4.74 Å². The minimum atomic E-state index is -0.321. The molecule has 4 saturated carbocycles. The van der Waals surface area contributed by atoms with Crippen LogP contribution in [-0.2, 0) is 9.53 Å². The molecule has 1 aromatic carbocycles. The largest absolute Gasteiger partial charge is 0.482 e. The Bertz CT molecular complexity index is 609. The Morgan fingerprint density at radius 2 is 1.67 bits per heavy atom. The second kappa shape index (κ2) is 9.02. The van der Waals surface area contributed by atoms with E-state index in [1.807, 2.05) is 0 Å². The summed E-state index contributed by atoms with van der Waals surface area (Å²) < 4.78 is 10.8. The van der Waals surface area contributed by atoms with Crippen LogP contribution in [0.4, 0.5) is 0 Å². The van der Waals surface area contributed by atoms with Crippen LogP contribution in [0.15, 0.2) is 24.3 Å². The highest BCUT2D eigenvalue weighted by atomic mass is 35.5. The van der Waals surface area contributed by atoms with Crippen LogP contribution in [-0.4, -0.2) is 43.7 Å². The van der Waals surface area contributed by atoms with E-state index in [0.717, 1.165) is 30.2 Å². The number of esters is 1. The highest BCUT2D eigenvalue weighted by molar-refractivity contribution is 6.30. The maximum Gasteiger partial charge on any atom is 0.344 e. The number of rotatable bonds is 7. The minimum absolute atomic E-state index is 0. The highest BCUT2D eigenvalue weighted by Crippen LogP contribution is 2.54. The summed E-state index contributed by atoms with van der Waals surface area (Å²) in [6.07, 6.45) is 7.13. The second-order valence-electron chi connectivity index (χ2n) is 8.36. The molecule has 4 aliphatic rings. The van der Waals surface area contributed by atoms with Crippen LogP contribution >= 0.6 is 24.0 Å². The van der Waals surface area contributed by atoms with E-state index in [4.69, 9.17) is 21.1 Å². The summed E-state index contributed by atoms with van der Waals surface area (Å²) in [5, 5.41) is 0.646. The van der Waals surface area contributed by atoms with Crippen molar-refractivity contribution < 1.29 is 14.3 Å². The molecule has 0 amide bonds. The molecule has 6 heteroatoms. The van der Waals surface area contributed by atoms with Gasteiger partial charge < -0.3 is 9.47 Å². The summed E-state index contributed by atoms with van der Waals surface area (Å²) in [7, 11) is 2.20. The molecule has 0 aliphatic heterocycles. The Hall–Kier alpha value is -0.970. The fourth-order valence-corrected chi connectivity index (χ4v) is 5.91. The van der Waals surface area contributed by atoms with Crippen molar-refractivity contribution in [3.05, 3.63) is 29.3 Å². The van der Waals surface area contributed by atoms with Crippen molar-refractivity contribution in [1.29, 1.82) is 0 Å². The first kappa shape index (κ1) is 20.8. The van der Waals surface area contributed by atoms with Crippen LogP contribution in [0.2, 0.25) is 5.02 Å². The van der Waals surface area contributed by atoms with E-state index < -0.39 is 0 Å². The molecule has 0 N–H and O–H groups in total. The molecule has 0 saturated heterocycles. The molecule has 27 heavy (non-hydrogen) atoms. The maximum atomic E-state index is 11.9. The Morgan fingerprint density at radius 3 is 2.26 bits per heavy atom. The van der Waals surface area contributed by atoms with Gasteiger partial charge in [-0.15, -0.1) is 12.4 Å². The number of carbonyl (C=O) groups is 1. The molecular weight excluding hydrogens is 385 g/mol. The van der Waals surface area contributed by atoms with Crippen LogP contribution in [0.1, 0.15) is 32.1 Å². The lowest BCUT2D eigenvalue weighted by atomic mass is 9.54. The van der Waals surface area contributed by atoms with Gasteiger partial charge in [-0.1, -0.05) is 11.6 Å². The van der Waals surface area contributed by atoms with E-state index in [2.05, 4.69) is 11.9 Å². The SMILES string of the molecule is CN(CCOC(=O)COc1ccc(Cl)cc1)C1C2CC3CC(C2)CC1C3.Cl. The standard InChI is InChI=1S/C21H28ClNO3.ClH/c1-23(21-16-9-14-8-15(11-16)12-17(21)10-14)6-7-25-20(24)13-26-19-4-2-18(22)3-5-19;/h2-5,14-17,21H,6-13H2,1H3;1H. The lowest BCUT2D eigenvalue weighted by Crippen LogP contribution is -2.55. The summed E-state index contributed by atoms with van der Waals surface area (Å²) in [5.41, 5.74) is 0. The summed E-state index contributed by atoms with van der Waals surface area (Å²) in [5.74, 6) is 4.01. The fourth-order valence-electron chi connectivity index (χ4n) is 5.78. The molecule has 0 heterocycles. The first-order valence-electron chi connectivity index (χ1n) is 9.82. The molecule has 1 aromatic rings. The number of benzene rings is 1. The zero-order chi connectivity index (χ0) is 18.1. The van der Waals surface area contributed by atoms with Gasteiger partial charge in [0.05, 0.1) is 0 Å². The van der Waals surface area contributed by atoms with Crippen molar-refractivity contribution in [3.8, 4) is 5.75 Å². The number of nitrogens with zero attached hydrogens (tertiary/aromatic N) is 1. The van der Waals surface area contributed by atoms with E-state index >= 15 is 0 Å². The van der Waals surface area contributed by atoms with Crippen molar-refractivity contribution >= 4 is 30.0 Å². The maximum absolute atomic E-state index is 11.9. The van der Waals surface area contributed by atoms with Gasteiger partial charge in [-0.3, -0.25) is 4.90 Å². The third-order valence-corrected chi connectivity index (χ3v) is 6.82. The topological polar surface area (TPSA) is 38.8 Å². The molecule has 0 unspecified atom stereocenters. The Morgan fingerprint density at radius 1 is 1.07 bits per heavy atom. The molecule has 150 valence electrons. The monoisotopic (exact) mass is 413 g/mol. The van der Waals surface area contributed by atoms with Gasteiger partial charge in [-0.05, 0) is 87.1 Å². The van der Waals surface area contributed by atoms with Gasteiger partial charge in [0.1, 0.15) is 12.4 Å². The molecule has 0 atom stereocenters. The molecular formula is C21H29Cl2NO3. The van der Waals surface area contributed by atoms with Crippen molar-refractivity contribution in [2.45, 2.75) is 38.1 Å². The predicted octanol–water partition coefficient (Wildman–Crippen LogP) is 4.44. The zero-order valence-electron chi connectivity index (χ0n) is 15.8. The Balaban J connectivity index is 0.00000210. The highest BCUT2D eigenvalue weighted by Gasteiger charge is 2.49. The van der Waals surface area contributed by atoms with E-state index in [1.54, 1.807) is 24.3 Å². The number of hydrogen-bond acceptors (Lipinski definition) is 4. The molecule has 0 spiro atoms. The van der Waals surface area contributed by atoms with Gasteiger partial charge in [-0.2, -0.15) is 0 Å².